The van der Waals surface area contributed by atoms with Crippen molar-refractivity contribution < 1.29 is 19.8 Å². The summed E-state index contributed by atoms with van der Waals surface area (Å²) in [4.78, 5) is 17.8. The van der Waals surface area contributed by atoms with Gasteiger partial charge in [0.2, 0.25) is 0 Å². The van der Waals surface area contributed by atoms with Crippen molar-refractivity contribution in [3.8, 4) is 0 Å². The third-order valence-electron chi connectivity index (χ3n) is 5.58. The molecular formula is C17H27N7O4. The Kier molecular flexibility index (Phi) is 5.71. The van der Waals surface area contributed by atoms with Crippen LogP contribution in [0.5, 0.6) is 0 Å². The zero-order valence-electron chi connectivity index (χ0n) is 15.8. The molecule has 2 aliphatic rings. The monoisotopic (exact) mass is 393 g/mol. The largest absolute Gasteiger partial charge is 0.387 e. The molecule has 1 saturated heterocycles. The van der Waals surface area contributed by atoms with E-state index in [-0.39, 0.29) is 12.4 Å². The maximum absolute atomic E-state index is 10.5. The van der Waals surface area contributed by atoms with Crippen molar-refractivity contribution in [2.75, 3.05) is 19.4 Å². The predicted octanol–water partition coefficient (Wildman–Crippen LogP) is -0.272. The lowest BCUT2D eigenvalue weighted by Gasteiger charge is -2.31. The van der Waals surface area contributed by atoms with E-state index in [9.17, 15) is 10.2 Å². The normalized spacial score (nSPS) is 29.1. The average molecular weight is 393 g/mol. The molecule has 11 nitrogen and oxygen atoms in total. The number of rotatable bonds is 6. The summed E-state index contributed by atoms with van der Waals surface area (Å²) in [7, 11) is 1.95. The number of hydrogen-bond acceptors (Lipinski definition) is 10. The van der Waals surface area contributed by atoms with E-state index in [1.807, 2.05) is 12.1 Å². The molecule has 28 heavy (non-hydrogen) atoms. The van der Waals surface area contributed by atoms with Crippen molar-refractivity contribution in [3.05, 3.63) is 12.7 Å². The van der Waals surface area contributed by atoms with Gasteiger partial charge < -0.3 is 20.7 Å². The second kappa shape index (κ2) is 8.23. The van der Waals surface area contributed by atoms with Crippen molar-refractivity contribution in [1.29, 1.82) is 0 Å². The predicted molar refractivity (Wildman–Crippen MR) is 99.4 cm³/mol. The first-order valence-corrected chi connectivity index (χ1v) is 9.61. The van der Waals surface area contributed by atoms with Crippen LogP contribution in [0.2, 0.25) is 0 Å². The van der Waals surface area contributed by atoms with Crippen LogP contribution in [0.3, 0.4) is 0 Å². The van der Waals surface area contributed by atoms with Crippen LogP contribution in [0.1, 0.15) is 38.3 Å². The van der Waals surface area contributed by atoms with Gasteiger partial charge in [-0.25, -0.2) is 20.0 Å². The fourth-order valence-corrected chi connectivity index (χ4v) is 3.92. The van der Waals surface area contributed by atoms with Crippen LogP contribution in [0.4, 0.5) is 5.82 Å². The molecule has 0 amide bonds. The van der Waals surface area contributed by atoms with Gasteiger partial charge in [-0.1, -0.05) is 19.3 Å². The van der Waals surface area contributed by atoms with E-state index < -0.39 is 24.5 Å². The topological polar surface area (TPSA) is 144 Å². The lowest BCUT2D eigenvalue weighted by atomic mass is 9.95. The Hall–Kier alpha value is -1.89. The summed E-state index contributed by atoms with van der Waals surface area (Å²) in [5.41, 5.74) is 9.56. The van der Waals surface area contributed by atoms with Gasteiger partial charge in [0.15, 0.2) is 17.7 Å². The lowest BCUT2D eigenvalue weighted by molar-refractivity contribution is -0.140. The van der Waals surface area contributed by atoms with Gasteiger partial charge in [-0.2, -0.15) is 0 Å². The van der Waals surface area contributed by atoms with E-state index in [0.29, 0.717) is 17.2 Å². The third-order valence-corrected chi connectivity index (χ3v) is 5.58. The number of ether oxygens (including phenoxy) is 1. The molecule has 0 bridgehead atoms. The molecule has 2 fully saturated rings. The standard InChI is InChI=1S/C17H27N7O4/c1-23(10-5-3-2-4-6-10)22-27-7-11-13(25)14(26)17(28-11)24-9-21-12-15(18)19-8-20-16(12)24/h8-11,13-14,17,22,25-26H,2-7H2,1H3,(H2,18,19,20)/t11-,13-,14-,17-/m1/s1. The Morgan fingerprint density at radius 1 is 1.25 bits per heavy atom. The van der Waals surface area contributed by atoms with E-state index in [0.717, 1.165) is 12.8 Å². The summed E-state index contributed by atoms with van der Waals surface area (Å²) in [6, 6.07) is 0.434. The SMILES string of the molecule is CN(NOC[C@H]1O[C@@H](n2cnc3c(N)ncnc32)[C@H](O)[C@@H]1O)C1CCCCC1. The highest BCUT2D eigenvalue weighted by atomic mass is 16.7. The Bertz CT molecular complexity index is 797. The summed E-state index contributed by atoms with van der Waals surface area (Å²) in [6.45, 7) is 0.0789. The van der Waals surface area contributed by atoms with Gasteiger partial charge in [0.05, 0.1) is 12.9 Å². The molecule has 0 unspecified atom stereocenters. The molecule has 4 rings (SSSR count). The van der Waals surface area contributed by atoms with E-state index in [1.165, 1.54) is 31.9 Å². The van der Waals surface area contributed by atoms with Gasteiger partial charge in [0.1, 0.15) is 30.2 Å². The molecule has 2 aromatic heterocycles. The second-order valence-electron chi connectivity index (χ2n) is 7.43. The minimum absolute atomic E-state index is 0.0789. The number of anilines is 1. The smallest absolute Gasteiger partial charge is 0.167 e. The fourth-order valence-electron chi connectivity index (χ4n) is 3.92. The number of hydrogen-bond donors (Lipinski definition) is 4. The fraction of sp³-hybridized carbons (Fsp3) is 0.706. The average Bonchev–Trinajstić information content (AvgIpc) is 3.26. The number of fused-ring (bicyclic) bond motifs is 1. The first kappa shape index (κ1) is 19.4. The number of nitrogens with zero attached hydrogens (tertiary/aromatic N) is 5. The molecule has 4 atom stereocenters. The third kappa shape index (κ3) is 3.69. The van der Waals surface area contributed by atoms with Gasteiger partial charge in [0, 0.05) is 13.1 Å². The van der Waals surface area contributed by atoms with Crippen LogP contribution in [0.25, 0.3) is 11.2 Å². The minimum atomic E-state index is -1.15. The molecule has 3 heterocycles. The number of hydrazine groups is 1. The lowest BCUT2D eigenvalue weighted by Crippen LogP contribution is -2.45. The molecule has 154 valence electrons. The van der Waals surface area contributed by atoms with Crippen molar-refractivity contribution in [1.82, 2.24) is 30.1 Å². The number of aromatic nitrogens is 4. The van der Waals surface area contributed by atoms with Crippen molar-refractivity contribution in [2.24, 2.45) is 0 Å². The first-order chi connectivity index (χ1) is 13.6. The van der Waals surface area contributed by atoms with Crippen molar-refractivity contribution in [3.63, 3.8) is 0 Å². The number of nitrogens with two attached hydrogens (primary N) is 1. The minimum Gasteiger partial charge on any atom is -0.387 e. The van der Waals surface area contributed by atoms with Gasteiger partial charge >= 0.3 is 0 Å². The zero-order chi connectivity index (χ0) is 19.7. The van der Waals surface area contributed by atoms with E-state index in [1.54, 1.807) is 4.57 Å². The van der Waals surface area contributed by atoms with Gasteiger partial charge in [-0.3, -0.25) is 9.40 Å². The molecule has 1 aliphatic heterocycles. The summed E-state index contributed by atoms with van der Waals surface area (Å²) < 4.78 is 7.39. The van der Waals surface area contributed by atoms with Crippen LogP contribution >= 0.6 is 0 Å². The molecule has 2 aromatic rings. The van der Waals surface area contributed by atoms with E-state index in [2.05, 4.69) is 20.5 Å². The summed E-state index contributed by atoms with van der Waals surface area (Å²) in [6.07, 6.45) is 4.97. The summed E-state index contributed by atoms with van der Waals surface area (Å²) in [5, 5.41) is 22.8. The van der Waals surface area contributed by atoms with E-state index >= 15 is 0 Å². The number of aliphatic hydroxyl groups is 2. The van der Waals surface area contributed by atoms with Crippen LogP contribution in [0, 0.1) is 0 Å². The highest BCUT2D eigenvalue weighted by Gasteiger charge is 2.44. The Morgan fingerprint density at radius 3 is 2.82 bits per heavy atom. The number of nitrogens with one attached hydrogen (secondary N) is 1. The number of imidazole rings is 1. The summed E-state index contributed by atoms with van der Waals surface area (Å²) >= 11 is 0. The maximum Gasteiger partial charge on any atom is 0.167 e. The number of nitrogen functional groups attached to an aromatic ring is 1. The van der Waals surface area contributed by atoms with Crippen LogP contribution in [-0.4, -0.2) is 72.7 Å². The molecule has 0 aromatic carbocycles. The van der Waals surface area contributed by atoms with Gasteiger partial charge in [0.25, 0.3) is 0 Å². The van der Waals surface area contributed by atoms with E-state index in [4.69, 9.17) is 15.3 Å². The molecule has 11 heteroatoms. The van der Waals surface area contributed by atoms with Gasteiger partial charge in [-0.15, -0.1) is 5.59 Å². The molecule has 1 saturated carbocycles. The number of aliphatic hydroxyl groups excluding tert-OH is 2. The Morgan fingerprint density at radius 2 is 2.04 bits per heavy atom. The highest BCUT2D eigenvalue weighted by Crippen LogP contribution is 2.32. The van der Waals surface area contributed by atoms with Crippen LogP contribution < -0.4 is 11.3 Å². The molecule has 1 aliphatic carbocycles. The van der Waals surface area contributed by atoms with Crippen LogP contribution in [-0.2, 0) is 9.57 Å². The quantitative estimate of drug-likeness (QED) is 0.484. The Labute approximate surface area is 162 Å². The molecular weight excluding hydrogens is 366 g/mol. The molecule has 0 radical (unpaired) electrons. The Balaban J connectivity index is 1.37. The van der Waals surface area contributed by atoms with Gasteiger partial charge in [-0.05, 0) is 12.8 Å². The van der Waals surface area contributed by atoms with Crippen molar-refractivity contribution in [2.45, 2.75) is 62.7 Å². The first-order valence-electron chi connectivity index (χ1n) is 9.61. The highest BCUT2D eigenvalue weighted by molar-refractivity contribution is 5.81. The zero-order valence-corrected chi connectivity index (χ0v) is 15.8. The van der Waals surface area contributed by atoms with Crippen LogP contribution in [0.15, 0.2) is 12.7 Å². The van der Waals surface area contributed by atoms with Crippen molar-refractivity contribution >= 4 is 17.0 Å². The maximum atomic E-state index is 10.5. The second-order valence-corrected chi connectivity index (χ2v) is 7.43. The molecule has 5 N–H and O–H groups in total. The molecule has 0 spiro atoms. The summed E-state index contributed by atoms with van der Waals surface area (Å²) in [5.74, 6) is 0.242.